The Morgan fingerprint density at radius 3 is 2.32 bits per heavy atom. The standard InChI is InChI=1S/C22H26N4O.ClH/c1-3-14-22(2,23)21(27)24-15-18-16-26(19-12-8-5-9-13-19)25-20(18)17-10-6-4-7-11-17;/h4-13,16H,3,14-15,23H2,1-2H3,(H,24,27);1H. The van der Waals surface area contributed by atoms with E-state index in [1.54, 1.807) is 6.92 Å². The van der Waals surface area contributed by atoms with Crippen molar-refractivity contribution in [3.8, 4) is 16.9 Å². The van der Waals surface area contributed by atoms with Gasteiger partial charge in [-0.2, -0.15) is 5.10 Å². The summed E-state index contributed by atoms with van der Waals surface area (Å²) in [6.45, 7) is 4.18. The van der Waals surface area contributed by atoms with Crippen LogP contribution in [0.3, 0.4) is 0 Å². The number of rotatable bonds is 7. The van der Waals surface area contributed by atoms with E-state index >= 15 is 0 Å². The summed E-state index contributed by atoms with van der Waals surface area (Å²) in [6, 6.07) is 19.9. The van der Waals surface area contributed by atoms with Gasteiger partial charge in [0.2, 0.25) is 5.91 Å². The van der Waals surface area contributed by atoms with Crippen LogP contribution in [0.5, 0.6) is 0 Å². The molecule has 1 heterocycles. The average molecular weight is 399 g/mol. The molecule has 3 rings (SSSR count). The molecule has 6 heteroatoms. The van der Waals surface area contributed by atoms with Gasteiger partial charge in [0.25, 0.3) is 0 Å². The average Bonchev–Trinajstić information content (AvgIpc) is 3.11. The highest BCUT2D eigenvalue weighted by Gasteiger charge is 2.27. The second kappa shape index (κ2) is 9.53. The number of hydrogen-bond donors (Lipinski definition) is 2. The Labute approximate surface area is 172 Å². The molecule has 1 amide bonds. The van der Waals surface area contributed by atoms with Gasteiger partial charge < -0.3 is 11.1 Å². The molecule has 1 unspecified atom stereocenters. The van der Waals surface area contributed by atoms with E-state index in [1.807, 2.05) is 78.5 Å². The summed E-state index contributed by atoms with van der Waals surface area (Å²) >= 11 is 0. The normalized spacial score (nSPS) is 12.7. The molecule has 0 aliphatic rings. The van der Waals surface area contributed by atoms with Crippen molar-refractivity contribution >= 4 is 18.3 Å². The van der Waals surface area contributed by atoms with Crippen molar-refractivity contribution in [1.29, 1.82) is 0 Å². The first-order chi connectivity index (χ1) is 13.0. The maximum absolute atomic E-state index is 12.5. The molecule has 2 aromatic carbocycles. The number of para-hydroxylation sites is 1. The minimum Gasteiger partial charge on any atom is -0.350 e. The van der Waals surface area contributed by atoms with Crippen LogP contribution in [0.2, 0.25) is 0 Å². The van der Waals surface area contributed by atoms with Crippen LogP contribution in [0.15, 0.2) is 66.9 Å². The Morgan fingerprint density at radius 2 is 1.71 bits per heavy atom. The van der Waals surface area contributed by atoms with Gasteiger partial charge in [0, 0.05) is 23.9 Å². The molecule has 0 aliphatic heterocycles. The maximum Gasteiger partial charge on any atom is 0.240 e. The van der Waals surface area contributed by atoms with Crippen LogP contribution in [0.4, 0.5) is 0 Å². The lowest BCUT2D eigenvalue weighted by Crippen LogP contribution is -2.51. The number of hydrogen-bond acceptors (Lipinski definition) is 3. The summed E-state index contributed by atoms with van der Waals surface area (Å²) in [5.41, 5.74) is 9.08. The number of amides is 1. The molecule has 148 valence electrons. The van der Waals surface area contributed by atoms with Crippen molar-refractivity contribution in [2.45, 2.75) is 38.8 Å². The summed E-state index contributed by atoms with van der Waals surface area (Å²) < 4.78 is 1.84. The molecule has 0 radical (unpaired) electrons. The second-order valence-corrected chi connectivity index (χ2v) is 7.00. The number of aromatic nitrogens is 2. The highest BCUT2D eigenvalue weighted by molar-refractivity contribution is 5.86. The summed E-state index contributed by atoms with van der Waals surface area (Å²) in [7, 11) is 0. The van der Waals surface area contributed by atoms with Gasteiger partial charge in [-0.25, -0.2) is 4.68 Å². The lowest BCUT2D eigenvalue weighted by Gasteiger charge is -2.22. The fourth-order valence-electron chi connectivity index (χ4n) is 3.10. The van der Waals surface area contributed by atoms with Crippen LogP contribution in [-0.2, 0) is 11.3 Å². The van der Waals surface area contributed by atoms with Gasteiger partial charge in [0.05, 0.1) is 16.9 Å². The minimum atomic E-state index is -0.864. The first-order valence-electron chi connectivity index (χ1n) is 9.28. The van der Waals surface area contributed by atoms with Crippen LogP contribution >= 0.6 is 12.4 Å². The molecule has 5 nitrogen and oxygen atoms in total. The Kier molecular flexibility index (Phi) is 7.38. The molecular weight excluding hydrogens is 372 g/mol. The first-order valence-corrected chi connectivity index (χ1v) is 9.28. The van der Waals surface area contributed by atoms with Crippen molar-refractivity contribution in [1.82, 2.24) is 15.1 Å². The third-order valence-electron chi connectivity index (χ3n) is 4.59. The molecule has 0 fully saturated rings. The first kappa shape index (κ1) is 21.7. The smallest absolute Gasteiger partial charge is 0.240 e. The number of nitrogens with one attached hydrogen (secondary N) is 1. The molecule has 1 aromatic heterocycles. The molecule has 3 aromatic rings. The summed E-state index contributed by atoms with van der Waals surface area (Å²) in [6.07, 6.45) is 3.47. The van der Waals surface area contributed by atoms with Gasteiger partial charge in [-0.3, -0.25) is 4.79 Å². The molecule has 0 saturated carbocycles. The largest absolute Gasteiger partial charge is 0.350 e. The van der Waals surface area contributed by atoms with Crippen molar-refractivity contribution < 1.29 is 4.79 Å². The van der Waals surface area contributed by atoms with Crippen molar-refractivity contribution in [2.75, 3.05) is 0 Å². The maximum atomic E-state index is 12.5. The van der Waals surface area contributed by atoms with E-state index in [-0.39, 0.29) is 18.3 Å². The zero-order valence-electron chi connectivity index (χ0n) is 16.3. The fraction of sp³-hybridized carbons (Fsp3) is 0.273. The van der Waals surface area contributed by atoms with Crippen LogP contribution < -0.4 is 11.1 Å². The predicted molar refractivity (Wildman–Crippen MR) is 116 cm³/mol. The summed E-state index contributed by atoms with van der Waals surface area (Å²) in [5.74, 6) is -0.143. The number of nitrogens with two attached hydrogens (primary N) is 1. The zero-order valence-corrected chi connectivity index (χ0v) is 17.1. The van der Waals surface area contributed by atoms with Crippen LogP contribution in [0.25, 0.3) is 16.9 Å². The van der Waals surface area contributed by atoms with Crippen LogP contribution in [-0.4, -0.2) is 21.2 Å². The quantitative estimate of drug-likeness (QED) is 0.629. The Balaban J connectivity index is 0.00000280. The van der Waals surface area contributed by atoms with E-state index in [4.69, 9.17) is 10.8 Å². The van der Waals surface area contributed by atoms with E-state index in [0.717, 1.165) is 28.9 Å². The molecule has 28 heavy (non-hydrogen) atoms. The third kappa shape index (κ3) is 5.00. The van der Waals surface area contributed by atoms with Gasteiger partial charge in [-0.05, 0) is 25.5 Å². The van der Waals surface area contributed by atoms with E-state index < -0.39 is 5.54 Å². The second-order valence-electron chi connectivity index (χ2n) is 7.00. The highest BCUT2D eigenvalue weighted by Crippen LogP contribution is 2.23. The monoisotopic (exact) mass is 398 g/mol. The molecule has 0 bridgehead atoms. The molecule has 0 spiro atoms. The van der Waals surface area contributed by atoms with Gasteiger partial charge in [0.15, 0.2) is 0 Å². The van der Waals surface area contributed by atoms with Crippen molar-refractivity contribution in [3.05, 3.63) is 72.4 Å². The Morgan fingerprint density at radius 1 is 1.11 bits per heavy atom. The predicted octanol–water partition coefficient (Wildman–Crippen LogP) is 4.09. The number of halogens is 1. The van der Waals surface area contributed by atoms with Crippen molar-refractivity contribution in [2.24, 2.45) is 5.73 Å². The van der Waals surface area contributed by atoms with Crippen molar-refractivity contribution in [3.63, 3.8) is 0 Å². The lowest BCUT2D eigenvalue weighted by atomic mass is 9.96. The summed E-state index contributed by atoms with van der Waals surface area (Å²) in [4.78, 5) is 12.5. The molecule has 3 N–H and O–H groups in total. The number of carbonyl (C=O) groups excluding carboxylic acids is 1. The fourth-order valence-corrected chi connectivity index (χ4v) is 3.10. The Hall–Kier alpha value is -2.63. The molecular formula is C22H27ClN4O. The number of nitrogens with zero attached hydrogens (tertiary/aromatic N) is 2. The van der Waals surface area contributed by atoms with Gasteiger partial charge in [-0.1, -0.05) is 61.9 Å². The van der Waals surface area contributed by atoms with E-state index in [1.165, 1.54) is 0 Å². The lowest BCUT2D eigenvalue weighted by molar-refractivity contribution is -0.126. The SMILES string of the molecule is CCCC(C)(N)C(=O)NCc1cn(-c2ccccc2)nc1-c1ccccc1.Cl. The van der Waals surface area contributed by atoms with E-state index in [2.05, 4.69) is 5.32 Å². The number of benzene rings is 2. The topological polar surface area (TPSA) is 72.9 Å². The van der Waals surface area contributed by atoms with Crippen LogP contribution in [0.1, 0.15) is 32.3 Å². The van der Waals surface area contributed by atoms with Gasteiger partial charge >= 0.3 is 0 Å². The molecule has 0 aliphatic carbocycles. The van der Waals surface area contributed by atoms with Crippen LogP contribution in [0, 0.1) is 0 Å². The molecule has 0 saturated heterocycles. The highest BCUT2D eigenvalue weighted by atomic mass is 35.5. The third-order valence-corrected chi connectivity index (χ3v) is 4.59. The summed E-state index contributed by atoms with van der Waals surface area (Å²) in [5, 5.41) is 7.74. The van der Waals surface area contributed by atoms with Gasteiger partial charge in [0.1, 0.15) is 0 Å². The molecule has 1 atom stereocenters. The number of carbonyl (C=O) groups is 1. The van der Waals surface area contributed by atoms with E-state index in [9.17, 15) is 4.79 Å². The van der Waals surface area contributed by atoms with E-state index in [0.29, 0.717) is 13.0 Å². The Bertz CT molecular complexity index is 891. The van der Waals surface area contributed by atoms with Gasteiger partial charge in [-0.15, -0.1) is 12.4 Å². The zero-order chi connectivity index (χ0) is 19.3. The minimum absolute atomic E-state index is 0.